The molecule has 174 valence electrons. The second-order valence-electron chi connectivity index (χ2n) is 8.78. The first kappa shape index (κ1) is 23.7. The van der Waals surface area contributed by atoms with Crippen molar-refractivity contribution in [3.63, 3.8) is 0 Å². The smallest absolute Gasteiger partial charge is 0.409 e. The van der Waals surface area contributed by atoms with Gasteiger partial charge in [0.1, 0.15) is 0 Å². The molecule has 0 bridgehead atoms. The zero-order valence-electron chi connectivity index (χ0n) is 18.8. The van der Waals surface area contributed by atoms with E-state index in [0.717, 1.165) is 64.8 Å². The third-order valence-corrected chi connectivity index (χ3v) is 7.04. The van der Waals surface area contributed by atoms with Crippen molar-refractivity contribution in [2.45, 2.75) is 70.4 Å². The van der Waals surface area contributed by atoms with E-state index in [-0.39, 0.29) is 6.09 Å². The molecule has 30 heavy (non-hydrogen) atoms. The molecule has 8 nitrogen and oxygen atoms in total. The van der Waals surface area contributed by atoms with Crippen LogP contribution in [-0.2, 0) is 14.2 Å². The molecule has 1 amide bonds. The van der Waals surface area contributed by atoms with E-state index in [1.54, 1.807) is 7.11 Å². The van der Waals surface area contributed by atoms with E-state index < -0.39 is 6.41 Å². The standard InChI is InChI=1S/C22H41N3O5/c1-3-29-21(26)24-11-4-6-19(10-15-24)23-13-8-18(9-14-23)20-7-5-12-25(20)22(27)30-17-16-28-2/h18-20,22,27H,3-17H2,1-2H3. The predicted octanol–water partition coefficient (Wildman–Crippen LogP) is 2.11. The summed E-state index contributed by atoms with van der Waals surface area (Å²) in [6.45, 7) is 7.96. The number of aliphatic hydroxyl groups excluding tert-OH is 1. The molecule has 0 saturated carbocycles. The Bertz CT molecular complexity index is 515. The van der Waals surface area contributed by atoms with Crippen LogP contribution in [0, 0.1) is 5.92 Å². The van der Waals surface area contributed by atoms with Gasteiger partial charge in [-0.1, -0.05) is 0 Å². The number of likely N-dealkylation sites (tertiary alicyclic amines) is 3. The molecule has 0 aromatic rings. The fraction of sp³-hybridized carbons (Fsp3) is 0.955. The Kier molecular flexibility index (Phi) is 9.64. The Labute approximate surface area is 181 Å². The first-order chi connectivity index (χ1) is 14.6. The zero-order chi connectivity index (χ0) is 21.3. The van der Waals surface area contributed by atoms with E-state index in [2.05, 4.69) is 9.80 Å². The predicted molar refractivity (Wildman–Crippen MR) is 114 cm³/mol. The third-order valence-electron chi connectivity index (χ3n) is 7.04. The Morgan fingerprint density at radius 2 is 1.77 bits per heavy atom. The van der Waals surface area contributed by atoms with E-state index in [9.17, 15) is 9.90 Å². The van der Waals surface area contributed by atoms with Gasteiger partial charge in [-0.05, 0) is 70.9 Å². The molecule has 0 aliphatic carbocycles. The van der Waals surface area contributed by atoms with Crippen LogP contribution in [0.5, 0.6) is 0 Å². The van der Waals surface area contributed by atoms with Gasteiger partial charge in [-0.25, -0.2) is 4.79 Å². The number of piperidine rings is 1. The van der Waals surface area contributed by atoms with E-state index >= 15 is 0 Å². The highest BCUT2D eigenvalue weighted by molar-refractivity contribution is 5.67. The molecule has 3 aliphatic heterocycles. The van der Waals surface area contributed by atoms with Crippen molar-refractivity contribution in [1.82, 2.24) is 14.7 Å². The fourth-order valence-corrected chi connectivity index (χ4v) is 5.44. The van der Waals surface area contributed by atoms with Crippen LogP contribution in [0.15, 0.2) is 0 Å². The maximum absolute atomic E-state index is 12.0. The minimum atomic E-state index is -0.818. The SMILES string of the molecule is CCOC(=O)N1CCCC(N2CCC(C3CCCN3C(O)OCCOC)CC2)CC1. The van der Waals surface area contributed by atoms with Crippen LogP contribution < -0.4 is 0 Å². The molecule has 0 radical (unpaired) electrons. The van der Waals surface area contributed by atoms with E-state index in [1.165, 1.54) is 12.8 Å². The number of nitrogens with zero attached hydrogens (tertiary/aromatic N) is 3. The second kappa shape index (κ2) is 12.2. The summed E-state index contributed by atoms with van der Waals surface area (Å²) < 4.78 is 15.8. The van der Waals surface area contributed by atoms with Gasteiger partial charge in [0.05, 0.1) is 19.8 Å². The summed E-state index contributed by atoms with van der Waals surface area (Å²) in [5.41, 5.74) is 0. The molecule has 3 fully saturated rings. The Morgan fingerprint density at radius 3 is 2.50 bits per heavy atom. The first-order valence-electron chi connectivity index (χ1n) is 11.8. The van der Waals surface area contributed by atoms with Crippen LogP contribution in [0.1, 0.15) is 51.9 Å². The molecule has 3 atom stereocenters. The largest absolute Gasteiger partial charge is 0.450 e. The summed E-state index contributed by atoms with van der Waals surface area (Å²) in [5, 5.41) is 10.5. The topological polar surface area (TPSA) is 74.7 Å². The van der Waals surface area contributed by atoms with Crippen LogP contribution in [0.2, 0.25) is 0 Å². The summed E-state index contributed by atoms with van der Waals surface area (Å²) >= 11 is 0. The summed E-state index contributed by atoms with van der Waals surface area (Å²) in [6.07, 6.45) is 6.87. The van der Waals surface area contributed by atoms with Crippen molar-refractivity contribution in [3.8, 4) is 0 Å². The Morgan fingerprint density at radius 1 is 1.00 bits per heavy atom. The normalized spacial score (nSPS) is 28.4. The van der Waals surface area contributed by atoms with Crippen molar-refractivity contribution in [3.05, 3.63) is 0 Å². The van der Waals surface area contributed by atoms with Crippen LogP contribution in [-0.4, -0.2) is 104 Å². The molecular weight excluding hydrogens is 386 g/mol. The molecule has 0 aromatic heterocycles. The van der Waals surface area contributed by atoms with Gasteiger partial charge in [0.25, 0.3) is 0 Å². The van der Waals surface area contributed by atoms with Gasteiger partial charge in [0, 0.05) is 38.8 Å². The number of carbonyl (C=O) groups excluding carboxylic acids is 1. The fourth-order valence-electron chi connectivity index (χ4n) is 5.44. The van der Waals surface area contributed by atoms with Crippen molar-refractivity contribution in [1.29, 1.82) is 0 Å². The highest BCUT2D eigenvalue weighted by atomic mass is 16.6. The van der Waals surface area contributed by atoms with Gasteiger partial charge >= 0.3 is 6.09 Å². The number of aliphatic hydroxyl groups is 1. The average molecular weight is 428 g/mol. The van der Waals surface area contributed by atoms with Crippen LogP contribution >= 0.6 is 0 Å². The molecule has 1 N–H and O–H groups in total. The Balaban J connectivity index is 1.44. The zero-order valence-corrected chi connectivity index (χ0v) is 18.8. The van der Waals surface area contributed by atoms with Crippen LogP contribution in [0.3, 0.4) is 0 Å². The number of hydrogen-bond acceptors (Lipinski definition) is 7. The van der Waals surface area contributed by atoms with Gasteiger partial charge in [-0.2, -0.15) is 0 Å². The van der Waals surface area contributed by atoms with E-state index in [0.29, 0.717) is 37.8 Å². The van der Waals surface area contributed by atoms with E-state index in [1.807, 2.05) is 11.8 Å². The molecule has 8 heteroatoms. The molecular formula is C22H41N3O5. The number of methoxy groups -OCH3 is 1. The van der Waals surface area contributed by atoms with Gasteiger partial charge in [0.15, 0.2) is 0 Å². The maximum atomic E-state index is 12.0. The molecule has 0 aromatic carbocycles. The molecule has 0 spiro atoms. The summed E-state index contributed by atoms with van der Waals surface area (Å²) in [6, 6.07) is 0.978. The van der Waals surface area contributed by atoms with Crippen molar-refractivity contribution in [2.75, 3.05) is 59.7 Å². The van der Waals surface area contributed by atoms with Crippen molar-refractivity contribution < 1.29 is 24.1 Å². The van der Waals surface area contributed by atoms with Crippen LogP contribution in [0.4, 0.5) is 4.79 Å². The molecule has 3 unspecified atom stereocenters. The number of amides is 1. The molecule has 3 rings (SSSR count). The lowest BCUT2D eigenvalue weighted by Crippen LogP contribution is -2.49. The average Bonchev–Trinajstić information content (AvgIpc) is 3.12. The lowest BCUT2D eigenvalue weighted by molar-refractivity contribution is -0.207. The lowest BCUT2D eigenvalue weighted by atomic mass is 9.87. The number of ether oxygens (including phenoxy) is 3. The maximum Gasteiger partial charge on any atom is 0.409 e. The first-order valence-corrected chi connectivity index (χ1v) is 11.8. The number of hydrogen-bond donors (Lipinski definition) is 1. The quantitative estimate of drug-likeness (QED) is 0.470. The highest BCUT2D eigenvalue weighted by Crippen LogP contribution is 2.33. The number of rotatable bonds is 8. The van der Waals surface area contributed by atoms with Crippen molar-refractivity contribution in [2.24, 2.45) is 5.92 Å². The minimum Gasteiger partial charge on any atom is -0.450 e. The summed E-state index contributed by atoms with van der Waals surface area (Å²) in [7, 11) is 1.64. The second-order valence-corrected chi connectivity index (χ2v) is 8.78. The van der Waals surface area contributed by atoms with Gasteiger partial charge < -0.3 is 29.1 Å². The summed E-state index contributed by atoms with van der Waals surface area (Å²) in [4.78, 5) is 18.7. The summed E-state index contributed by atoms with van der Waals surface area (Å²) in [5.74, 6) is 0.617. The van der Waals surface area contributed by atoms with Gasteiger partial charge in [-0.3, -0.25) is 4.90 Å². The monoisotopic (exact) mass is 427 g/mol. The highest BCUT2D eigenvalue weighted by Gasteiger charge is 2.38. The van der Waals surface area contributed by atoms with Gasteiger partial charge in [-0.15, -0.1) is 0 Å². The Hall–Kier alpha value is -0.930. The van der Waals surface area contributed by atoms with Crippen molar-refractivity contribution >= 4 is 6.09 Å². The minimum absolute atomic E-state index is 0.163. The van der Waals surface area contributed by atoms with Gasteiger partial charge in [0.2, 0.25) is 6.41 Å². The molecule has 3 heterocycles. The van der Waals surface area contributed by atoms with Crippen LogP contribution in [0.25, 0.3) is 0 Å². The third kappa shape index (κ3) is 6.29. The molecule has 3 aliphatic rings. The molecule has 3 saturated heterocycles. The number of carbonyl (C=O) groups is 1. The lowest BCUT2D eigenvalue weighted by Gasteiger charge is -2.41. The van der Waals surface area contributed by atoms with E-state index in [4.69, 9.17) is 14.2 Å².